The number of hydrogen-bond acceptors (Lipinski definition) is 5. The number of carbonyl (C=O) groups is 1. The predicted octanol–water partition coefficient (Wildman–Crippen LogP) is 2.67. The summed E-state index contributed by atoms with van der Waals surface area (Å²) in [5.41, 5.74) is 5.70. The number of carbonyl (C=O) groups excluding carboxylic acids is 1. The van der Waals surface area contributed by atoms with Gasteiger partial charge in [0.25, 0.3) is 0 Å². The number of rotatable bonds is 10. The van der Waals surface area contributed by atoms with Gasteiger partial charge in [-0.1, -0.05) is 26.2 Å². The molecule has 0 rings (SSSR count). The summed E-state index contributed by atoms with van der Waals surface area (Å²) in [5, 5.41) is 0. The van der Waals surface area contributed by atoms with E-state index < -0.39 is 6.04 Å². The topological polar surface area (TPSA) is 73.9 Å². The molecule has 0 aromatic heterocycles. The number of aliphatic imine (C=N–C) groups is 1. The van der Waals surface area contributed by atoms with Crippen LogP contribution in [-0.4, -0.2) is 37.7 Å². The van der Waals surface area contributed by atoms with E-state index >= 15 is 0 Å². The maximum Gasteiger partial charge on any atom is 0.322 e. The van der Waals surface area contributed by atoms with Gasteiger partial charge in [0.05, 0.1) is 19.8 Å². The minimum absolute atomic E-state index is 0.306. The Hall–Kier alpha value is -1.10. The number of ether oxygens (including phenoxy) is 2. The summed E-state index contributed by atoms with van der Waals surface area (Å²) in [7, 11) is 1.37. The smallest absolute Gasteiger partial charge is 0.322 e. The number of hydrogen-bond donors (Lipinski definition) is 1. The van der Waals surface area contributed by atoms with Crippen molar-refractivity contribution in [3.8, 4) is 0 Å². The SMILES string of the molecule is CCCC(CCCCC(N)C(=O)OC)N=C(C)OCC. The number of nitrogens with zero attached hydrogens (tertiary/aromatic N) is 1. The van der Waals surface area contributed by atoms with Gasteiger partial charge in [-0.15, -0.1) is 0 Å². The van der Waals surface area contributed by atoms with Gasteiger partial charge in [0.1, 0.15) is 6.04 Å². The number of esters is 1. The van der Waals surface area contributed by atoms with E-state index in [1.165, 1.54) is 7.11 Å². The first-order valence-corrected chi connectivity index (χ1v) is 7.55. The van der Waals surface area contributed by atoms with Crippen LogP contribution >= 0.6 is 0 Å². The minimum atomic E-state index is -0.502. The Bertz CT molecular complexity index is 293. The van der Waals surface area contributed by atoms with Gasteiger partial charge in [0.2, 0.25) is 0 Å². The second-order valence-corrected chi connectivity index (χ2v) is 4.94. The summed E-state index contributed by atoms with van der Waals surface area (Å²) in [6.07, 6.45) is 5.77. The molecule has 20 heavy (non-hydrogen) atoms. The molecule has 0 saturated heterocycles. The minimum Gasteiger partial charge on any atom is -0.481 e. The molecule has 0 aliphatic heterocycles. The van der Waals surface area contributed by atoms with Gasteiger partial charge in [-0.05, 0) is 26.2 Å². The van der Waals surface area contributed by atoms with Crippen molar-refractivity contribution in [2.45, 2.75) is 71.4 Å². The van der Waals surface area contributed by atoms with Crippen LogP contribution in [0, 0.1) is 0 Å². The molecule has 0 heterocycles. The van der Waals surface area contributed by atoms with E-state index in [4.69, 9.17) is 10.5 Å². The van der Waals surface area contributed by atoms with E-state index in [0.717, 1.165) is 38.0 Å². The first kappa shape index (κ1) is 18.9. The molecule has 118 valence electrons. The van der Waals surface area contributed by atoms with Crippen LogP contribution in [0.2, 0.25) is 0 Å². The molecule has 5 nitrogen and oxygen atoms in total. The summed E-state index contributed by atoms with van der Waals surface area (Å²) in [6.45, 7) is 6.68. The molecule has 0 aromatic rings. The zero-order valence-electron chi connectivity index (χ0n) is 13.4. The normalized spacial score (nSPS) is 14.8. The summed E-state index contributed by atoms with van der Waals surface area (Å²) in [5.74, 6) is 0.428. The van der Waals surface area contributed by atoms with E-state index in [1.807, 2.05) is 13.8 Å². The summed E-state index contributed by atoms with van der Waals surface area (Å²) >= 11 is 0. The second kappa shape index (κ2) is 11.7. The van der Waals surface area contributed by atoms with Gasteiger partial charge < -0.3 is 15.2 Å². The van der Waals surface area contributed by atoms with Crippen LogP contribution < -0.4 is 5.73 Å². The molecule has 0 aliphatic carbocycles. The highest BCUT2D eigenvalue weighted by Gasteiger charge is 2.13. The van der Waals surface area contributed by atoms with E-state index in [1.54, 1.807) is 0 Å². The van der Waals surface area contributed by atoms with Gasteiger partial charge in [-0.25, -0.2) is 0 Å². The fourth-order valence-electron chi connectivity index (χ4n) is 2.12. The summed E-state index contributed by atoms with van der Waals surface area (Å²) in [6, 6.07) is -0.195. The van der Waals surface area contributed by atoms with Crippen molar-refractivity contribution in [2.24, 2.45) is 10.7 Å². The van der Waals surface area contributed by atoms with E-state index in [0.29, 0.717) is 19.1 Å². The molecule has 5 heteroatoms. The monoisotopic (exact) mass is 286 g/mol. The molecule has 2 N–H and O–H groups in total. The molecule has 0 fully saturated rings. The highest BCUT2D eigenvalue weighted by atomic mass is 16.5. The van der Waals surface area contributed by atoms with Crippen molar-refractivity contribution in [3.05, 3.63) is 0 Å². The molecule has 2 atom stereocenters. The third-order valence-corrected chi connectivity index (χ3v) is 3.15. The molecule has 0 amide bonds. The molecular weight excluding hydrogens is 256 g/mol. The lowest BCUT2D eigenvalue weighted by Crippen LogP contribution is -2.31. The van der Waals surface area contributed by atoms with Crippen molar-refractivity contribution < 1.29 is 14.3 Å². The van der Waals surface area contributed by atoms with E-state index in [2.05, 4.69) is 16.7 Å². The Balaban J connectivity index is 4.03. The van der Waals surface area contributed by atoms with Crippen LogP contribution in [0.4, 0.5) is 0 Å². The Morgan fingerprint density at radius 1 is 1.20 bits per heavy atom. The van der Waals surface area contributed by atoms with Gasteiger partial charge in [0.15, 0.2) is 5.90 Å². The van der Waals surface area contributed by atoms with Gasteiger partial charge in [-0.2, -0.15) is 0 Å². The Kier molecular flexibility index (Phi) is 11.1. The van der Waals surface area contributed by atoms with Gasteiger partial charge in [-0.3, -0.25) is 9.79 Å². The van der Waals surface area contributed by atoms with Crippen molar-refractivity contribution in [2.75, 3.05) is 13.7 Å². The Labute approximate surface area is 122 Å². The highest BCUT2D eigenvalue weighted by Crippen LogP contribution is 2.13. The van der Waals surface area contributed by atoms with Crippen LogP contribution in [0.1, 0.15) is 59.3 Å². The fraction of sp³-hybridized carbons (Fsp3) is 0.867. The van der Waals surface area contributed by atoms with Crippen molar-refractivity contribution in [3.63, 3.8) is 0 Å². The maximum absolute atomic E-state index is 11.2. The average molecular weight is 286 g/mol. The van der Waals surface area contributed by atoms with Crippen LogP contribution in [0.15, 0.2) is 4.99 Å². The van der Waals surface area contributed by atoms with Gasteiger partial charge >= 0.3 is 5.97 Å². The number of unbranched alkanes of at least 4 members (excludes halogenated alkanes) is 1. The average Bonchev–Trinajstić information content (AvgIpc) is 2.42. The van der Waals surface area contributed by atoms with Crippen LogP contribution in [0.25, 0.3) is 0 Å². The van der Waals surface area contributed by atoms with Gasteiger partial charge in [0, 0.05) is 6.92 Å². The van der Waals surface area contributed by atoms with Crippen LogP contribution in [-0.2, 0) is 14.3 Å². The number of nitrogens with two attached hydrogens (primary N) is 1. The van der Waals surface area contributed by atoms with Crippen molar-refractivity contribution >= 4 is 11.9 Å². The third kappa shape index (κ3) is 8.91. The lowest BCUT2D eigenvalue weighted by Gasteiger charge is -2.14. The second-order valence-electron chi connectivity index (χ2n) is 4.94. The largest absolute Gasteiger partial charge is 0.481 e. The quantitative estimate of drug-likeness (QED) is 0.290. The molecule has 0 aliphatic rings. The fourth-order valence-corrected chi connectivity index (χ4v) is 2.12. The first-order chi connectivity index (χ1) is 9.54. The molecule has 0 bridgehead atoms. The zero-order valence-corrected chi connectivity index (χ0v) is 13.4. The Morgan fingerprint density at radius 2 is 1.85 bits per heavy atom. The van der Waals surface area contributed by atoms with E-state index in [-0.39, 0.29) is 5.97 Å². The molecule has 0 aromatic carbocycles. The van der Waals surface area contributed by atoms with Crippen LogP contribution in [0.5, 0.6) is 0 Å². The molecular formula is C15H30N2O3. The summed E-state index contributed by atoms with van der Waals surface area (Å²) < 4.78 is 9.98. The van der Waals surface area contributed by atoms with Crippen molar-refractivity contribution in [1.29, 1.82) is 0 Å². The maximum atomic E-state index is 11.2. The lowest BCUT2D eigenvalue weighted by molar-refractivity contribution is -0.142. The highest BCUT2D eigenvalue weighted by molar-refractivity contribution is 5.75. The Morgan fingerprint density at radius 3 is 2.40 bits per heavy atom. The zero-order chi connectivity index (χ0) is 15.4. The van der Waals surface area contributed by atoms with E-state index in [9.17, 15) is 4.79 Å². The standard InChI is InChI=1S/C15H30N2O3/c1-5-9-13(17-12(3)20-6-2)10-7-8-11-14(16)15(18)19-4/h13-14H,5-11,16H2,1-4H3. The third-order valence-electron chi connectivity index (χ3n) is 3.15. The summed E-state index contributed by atoms with van der Waals surface area (Å²) in [4.78, 5) is 15.8. The van der Waals surface area contributed by atoms with Crippen LogP contribution in [0.3, 0.4) is 0 Å². The number of methoxy groups -OCH3 is 1. The first-order valence-electron chi connectivity index (χ1n) is 7.55. The molecule has 0 radical (unpaired) electrons. The van der Waals surface area contributed by atoms with Crippen molar-refractivity contribution in [1.82, 2.24) is 0 Å². The molecule has 0 spiro atoms. The lowest BCUT2D eigenvalue weighted by atomic mass is 10.0. The predicted molar refractivity (Wildman–Crippen MR) is 81.9 cm³/mol. The molecule has 2 unspecified atom stereocenters. The molecule has 0 saturated carbocycles.